The molecule has 2 saturated carbocycles. The summed E-state index contributed by atoms with van der Waals surface area (Å²) in [5.41, 5.74) is 6.71. The van der Waals surface area contributed by atoms with E-state index in [1.807, 2.05) is 37.3 Å². The van der Waals surface area contributed by atoms with Crippen molar-refractivity contribution in [2.45, 2.75) is 44.1 Å². The third-order valence-corrected chi connectivity index (χ3v) is 5.33. The van der Waals surface area contributed by atoms with Gasteiger partial charge in [0.2, 0.25) is 0 Å². The minimum atomic E-state index is -0.732. The molecule has 0 spiro atoms. The molecule has 2 aliphatic rings. The third-order valence-electron chi connectivity index (χ3n) is 5.33. The number of rotatable bonds is 3. The Balaban J connectivity index is 1.62. The fourth-order valence-electron chi connectivity index (χ4n) is 4.07. The van der Waals surface area contributed by atoms with Crippen molar-refractivity contribution in [3.8, 4) is 0 Å². The van der Waals surface area contributed by atoms with E-state index in [0.29, 0.717) is 11.8 Å². The lowest BCUT2D eigenvalue weighted by Crippen LogP contribution is -2.34. The van der Waals surface area contributed by atoms with E-state index < -0.39 is 5.54 Å². The van der Waals surface area contributed by atoms with Gasteiger partial charge in [0.05, 0.1) is 0 Å². The molecular weight excluding hydrogens is 262 g/mol. The maximum Gasteiger partial charge on any atom is 0.251 e. The standard InChI is InChI=1S/C17H21N3O/c1-17(18,13-5-3-2-4-6-13)16-19-15(20-21-16)14-10-11-7-8-12(14)9-11/h2-6,11-12,14H,7-10,18H2,1H3. The van der Waals surface area contributed by atoms with Crippen LogP contribution in [0.25, 0.3) is 0 Å². The first kappa shape index (κ1) is 13.0. The van der Waals surface area contributed by atoms with Crippen LogP contribution in [0.4, 0.5) is 0 Å². The molecule has 0 radical (unpaired) electrons. The normalized spacial score (nSPS) is 30.5. The van der Waals surface area contributed by atoms with Gasteiger partial charge in [-0.3, -0.25) is 0 Å². The van der Waals surface area contributed by atoms with Gasteiger partial charge < -0.3 is 10.3 Å². The fraction of sp³-hybridized carbons (Fsp3) is 0.529. The number of aromatic nitrogens is 2. The van der Waals surface area contributed by atoms with Gasteiger partial charge in [-0.1, -0.05) is 41.9 Å². The number of hydrogen-bond donors (Lipinski definition) is 1. The number of nitrogens with zero attached hydrogens (tertiary/aromatic N) is 2. The van der Waals surface area contributed by atoms with Gasteiger partial charge in [-0.15, -0.1) is 0 Å². The monoisotopic (exact) mass is 283 g/mol. The second-order valence-corrected chi connectivity index (χ2v) is 6.81. The fourth-order valence-corrected chi connectivity index (χ4v) is 4.07. The van der Waals surface area contributed by atoms with Crippen molar-refractivity contribution in [2.24, 2.45) is 17.6 Å². The SMILES string of the molecule is CC(N)(c1ccccc1)c1nc(C2CC3CCC2C3)no1. The Morgan fingerprint density at radius 2 is 2.00 bits per heavy atom. The van der Waals surface area contributed by atoms with E-state index in [9.17, 15) is 0 Å². The summed E-state index contributed by atoms with van der Waals surface area (Å²) in [5, 5.41) is 4.24. The highest BCUT2D eigenvalue weighted by molar-refractivity contribution is 5.29. The Bertz CT molecular complexity index is 634. The van der Waals surface area contributed by atoms with Gasteiger partial charge in [-0.05, 0) is 43.6 Å². The predicted molar refractivity (Wildman–Crippen MR) is 79.6 cm³/mol. The molecule has 2 aromatic rings. The number of benzene rings is 1. The van der Waals surface area contributed by atoms with Gasteiger partial charge in [0, 0.05) is 5.92 Å². The van der Waals surface area contributed by atoms with E-state index in [1.54, 1.807) is 0 Å². The van der Waals surface area contributed by atoms with Crippen LogP contribution in [-0.2, 0) is 5.54 Å². The smallest absolute Gasteiger partial charge is 0.251 e. The van der Waals surface area contributed by atoms with Gasteiger partial charge >= 0.3 is 0 Å². The van der Waals surface area contributed by atoms with Crippen LogP contribution in [0.15, 0.2) is 34.9 Å². The average Bonchev–Trinajstić information content (AvgIpc) is 3.24. The quantitative estimate of drug-likeness (QED) is 0.939. The zero-order chi connectivity index (χ0) is 14.4. The summed E-state index contributed by atoms with van der Waals surface area (Å²) in [7, 11) is 0. The molecule has 4 atom stereocenters. The van der Waals surface area contributed by atoms with Crippen molar-refractivity contribution in [3.63, 3.8) is 0 Å². The van der Waals surface area contributed by atoms with E-state index in [0.717, 1.165) is 23.2 Å². The minimum absolute atomic E-state index is 0.479. The molecule has 110 valence electrons. The van der Waals surface area contributed by atoms with Crippen molar-refractivity contribution in [1.29, 1.82) is 0 Å². The van der Waals surface area contributed by atoms with Crippen molar-refractivity contribution >= 4 is 0 Å². The van der Waals surface area contributed by atoms with E-state index in [2.05, 4.69) is 10.1 Å². The highest BCUT2D eigenvalue weighted by Gasteiger charge is 2.43. The molecule has 1 aromatic carbocycles. The first-order valence-corrected chi connectivity index (χ1v) is 7.83. The van der Waals surface area contributed by atoms with Crippen LogP contribution in [-0.4, -0.2) is 10.1 Å². The summed E-state index contributed by atoms with van der Waals surface area (Å²) in [5.74, 6) is 3.49. The van der Waals surface area contributed by atoms with Crippen LogP contribution in [0.2, 0.25) is 0 Å². The van der Waals surface area contributed by atoms with Crippen LogP contribution >= 0.6 is 0 Å². The summed E-state index contributed by atoms with van der Waals surface area (Å²) in [4.78, 5) is 4.66. The van der Waals surface area contributed by atoms with Gasteiger partial charge in [-0.25, -0.2) is 0 Å². The zero-order valence-electron chi connectivity index (χ0n) is 12.3. The molecule has 4 heteroatoms. The Morgan fingerprint density at radius 1 is 1.19 bits per heavy atom. The molecule has 1 aromatic heterocycles. The zero-order valence-corrected chi connectivity index (χ0v) is 12.3. The molecule has 0 amide bonds. The Labute approximate surface area is 124 Å². The number of nitrogens with two attached hydrogens (primary N) is 1. The van der Waals surface area contributed by atoms with Gasteiger partial charge in [0.1, 0.15) is 5.54 Å². The van der Waals surface area contributed by atoms with Crippen LogP contribution in [0, 0.1) is 11.8 Å². The van der Waals surface area contributed by atoms with Gasteiger partial charge in [0.15, 0.2) is 5.82 Å². The second kappa shape index (κ2) is 4.67. The molecule has 2 aliphatic carbocycles. The number of hydrogen-bond acceptors (Lipinski definition) is 4. The highest BCUT2D eigenvalue weighted by Crippen LogP contribution is 2.52. The van der Waals surface area contributed by atoms with Crippen LogP contribution < -0.4 is 5.73 Å². The van der Waals surface area contributed by atoms with E-state index >= 15 is 0 Å². The Morgan fingerprint density at radius 3 is 2.67 bits per heavy atom. The summed E-state index contributed by atoms with van der Waals surface area (Å²) < 4.78 is 5.52. The van der Waals surface area contributed by atoms with E-state index in [1.165, 1.54) is 25.7 Å². The third kappa shape index (κ3) is 2.09. The summed E-state index contributed by atoms with van der Waals surface area (Å²) in [6.07, 6.45) is 5.26. The first-order chi connectivity index (χ1) is 10.1. The molecule has 1 heterocycles. The minimum Gasteiger partial charge on any atom is -0.337 e. The predicted octanol–water partition coefficient (Wildman–Crippen LogP) is 3.20. The van der Waals surface area contributed by atoms with Crippen molar-refractivity contribution in [2.75, 3.05) is 0 Å². The maximum absolute atomic E-state index is 6.45. The summed E-state index contributed by atoms with van der Waals surface area (Å²) in [6.45, 7) is 1.93. The van der Waals surface area contributed by atoms with Crippen LogP contribution in [0.3, 0.4) is 0 Å². The molecule has 4 rings (SSSR count). The van der Waals surface area contributed by atoms with Crippen molar-refractivity contribution in [3.05, 3.63) is 47.6 Å². The number of fused-ring (bicyclic) bond motifs is 2. The molecule has 21 heavy (non-hydrogen) atoms. The Hall–Kier alpha value is -1.68. The molecule has 2 N–H and O–H groups in total. The molecule has 0 saturated heterocycles. The summed E-state index contributed by atoms with van der Waals surface area (Å²) in [6, 6.07) is 9.94. The van der Waals surface area contributed by atoms with Gasteiger partial charge in [-0.2, -0.15) is 4.98 Å². The molecule has 2 bridgehead atoms. The lowest BCUT2D eigenvalue weighted by Gasteiger charge is -2.20. The maximum atomic E-state index is 6.45. The lowest BCUT2D eigenvalue weighted by molar-refractivity contribution is 0.315. The van der Waals surface area contributed by atoms with Gasteiger partial charge in [0.25, 0.3) is 5.89 Å². The molecule has 0 aliphatic heterocycles. The molecule has 2 fully saturated rings. The Kier molecular flexibility index (Phi) is 2.89. The largest absolute Gasteiger partial charge is 0.337 e. The lowest BCUT2D eigenvalue weighted by atomic mass is 9.88. The molecular formula is C17H21N3O. The topological polar surface area (TPSA) is 64.9 Å². The highest BCUT2D eigenvalue weighted by atomic mass is 16.5. The van der Waals surface area contributed by atoms with Crippen molar-refractivity contribution in [1.82, 2.24) is 10.1 Å². The van der Waals surface area contributed by atoms with Crippen LogP contribution in [0.1, 0.15) is 55.8 Å². The first-order valence-electron chi connectivity index (χ1n) is 7.83. The van der Waals surface area contributed by atoms with Crippen LogP contribution in [0.5, 0.6) is 0 Å². The molecule has 4 nitrogen and oxygen atoms in total. The van der Waals surface area contributed by atoms with E-state index in [-0.39, 0.29) is 0 Å². The van der Waals surface area contributed by atoms with Crippen molar-refractivity contribution < 1.29 is 4.52 Å². The second-order valence-electron chi connectivity index (χ2n) is 6.81. The molecule has 4 unspecified atom stereocenters. The average molecular weight is 283 g/mol. The van der Waals surface area contributed by atoms with E-state index in [4.69, 9.17) is 10.3 Å². The summed E-state index contributed by atoms with van der Waals surface area (Å²) >= 11 is 0.